The number of ether oxygens (including phenoxy) is 5. The van der Waals surface area contributed by atoms with Crippen LogP contribution in [0.4, 0.5) is 0 Å². The third-order valence-corrected chi connectivity index (χ3v) is 17.8. The van der Waals surface area contributed by atoms with Gasteiger partial charge in [-0.15, -0.1) is 0 Å². The number of aliphatic hydroxyl groups is 3. The zero-order chi connectivity index (χ0) is 68.4. The lowest BCUT2D eigenvalue weighted by Crippen LogP contribution is -1.98. The molecule has 0 radical (unpaired) electrons. The summed E-state index contributed by atoms with van der Waals surface area (Å²) in [5.74, 6) is 8.17. The summed E-state index contributed by atoms with van der Waals surface area (Å²) in [5.41, 5.74) is 0. The van der Waals surface area contributed by atoms with Gasteiger partial charge in [0.25, 0.3) is 0 Å². The van der Waals surface area contributed by atoms with Crippen LogP contribution in [0, 0.1) is 59.2 Å². The lowest BCUT2D eigenvalue weighted by molar-refractivity contribution is -0.141. The molecule has 1 unspecified atom stereocenters. The summed E-state index contributed by atoms with van der Waals surface area (Å²) in [4.78, 5) is 65.0. The Balaban J connectivity index is 0.00000112. The number of carbonyl (C=O) groups is 6. The average Bonchev–Trinajstić information content (AvgIpc) is 1.95. The number of carbonyl (C=O) groups excluding carboxylic acids is 6. The Labute approximate surface area is 559 Å². The van der Waals surface area contributed by atoms with Gasteiger partial charge in [0.15, 0.2) is 5.78 Å². The third-order valence-electron chi connectivity index (χ3n) is 17.8. The second-order valence-electron chi connectivity index (χ2n) is 25.5. The first-order valence-corrected chi connectivity index (χ1v) is 35.9. The van der Waals surface area contributed by atoms with Crippen LogP contribution >= 0.6 is 0 Å². The zero-order valence-corrected chi connectivity index (χ0v) is 59.4. The number of rotatable bonds is 46. The summed E-state index contributed by atoms with van der Waals surface area (Å²) in [6.07, 6.45) is 65.4. The van der Waals surface area contributed by atoms with Crippen molar-refractivity contribution in [1.29, 1.82) is 0 Å². The molecule has 92 heavy (non-hydrogen) atoms. The summed E-state index contributed by atoms with van der Waals surface area (Å²) in [5, 5.41) is 26.7. The molecular formula is C78H132O14. The van der Waals surface area contributed by atoms with Crippen LogP contribution in [-0.2, 0) is 52.5 Å². The molecule has 0 aromatic carbocycles. The molecule has 0 aromatic rings. The van der Waals surface area contributed by atoms with Gasteiger partial charge < -0.3 is 39.0 Å². The minimum absolute atomic E-state index is 0.0998. The summed E-state index contributed by atoms with van der Waals surface area (Å²) in [6, 6.07) is 0. The number of methoxy groups -OCH3 is 5. The Hall–Kier alpha value is -4.92. The van der Waals surface area contributed by atoms with Crippen molar-refractivity contribution in [3.05, 3.63) is 85.1 Å². The van der Waals surface area contributed by atoms with Crippen LogP contribution in [0.5, 0.6) is 0 Å². The molecule has 5 aliphatic rings. The Kier molecular flexibility index (Phi) is 56.6. The maximum Gasteiger partial charge on any atom is 0.305 e. The maximum absolute atomic E-state index is 10.9. The summed E-state index contributed by atoms with van der Waals surface area (Å²) < 4.78 is 22.9. The number of esters is 5. The average molecular weight is 1290 g/mol. The Morgan fingerprint density at radius 2 is 0.609 bits per heavy atom. The van der Waals surface area contributed by atoms with E-state index in [9.17, 15) is 28.8 Å². The molecule has 5 fully saturated rings. The number of ketones is 1. The van der Waals surface area contributed by atoms with Crippen molar-refractivity contribution in [2.75, 3.05) is 48.8 Å². The highest BCUT2D eigenvalue weighted by molar-refractivity contribution is 5.87. The van der Waals surface area contributed by atoms with Crippen molar-refractivity contribution < 1.29 is 67.8 Å². The van der Waals surface area contributed by atoms with Gasteiger partial charge in [0.05, 0.1) is 41.7 Å². The van der Waals surface area contributed by atoms with Gasteiger partial charge in [-0.1, -0.05) is 106 Å². The highest BCUT2D eigenvalue weighted by Crippen LogP contribution is 2.47. The van der Waals surface area contributed by atoms with Crippen molar-refractivity contribution >= 4 is 35.6 Å². The second kappa shape index (κ2) is 59.8. The monoisotopic (exact) mass is 1290 g/mol. The molecule has 0 amide bonds. The predicted octanol–water partition coefficient (Wildman–Crippen LogP) is 17.6. The second-order valence-corrected chi connectivity index (χ2v) is 25.5. The smallest absolute Gasteiger partial charge is 0.305 e. The number of unbranched alkanes of at least 4 members (excludes halogenated alkanes) is 5. The van der Waals surface area contributed by atoms with Crippen LogP contribution in [0.3, 0.4) is 0 Å². The van der Waals surface area contributed by atoms with Crippen molar-refractivity contribution in [3.63, 3.8) is 0 Å². The van der Waals surface area contributed by atoms with E-state index in [-0.39, 0.29) is 41.7 Å². The first-order valence-electron chi connectivity index (χ1n) is 35.9. The fourth-order valence-electron chi connectivity index (χ4n) is 11.4. The molecule has 0 spiro atoms. The topological polar surface area (TPSA) is 209 Å². The molecule has 14 heteroatoms. The van der Waals surface area contributed by atoms with E-state index in [1.807, 2.05) is 26.0 Å². The zero-order valence-electron chi connectivity index (χ0n) is 59.4. The summed E-state index contributed by atoms with van der Waals surface area (Å²) >= 11 is 0. The number of aliphatic hydroxyl groups excluding tert-OH is 3. The van der Waals surface area contributed by atoms with Gasteiger partial charge in [-0.3, -0.25) is 28.8 Å². The number of hydrogen-bond acceptors (Lipinski definition) is 14. The van der Waals surface area contributed by atoms with E-state index in [0.717, 1.165) is 175 Å². The van der Waals surface area contributed by atoms with Crippen molar-refractivity contribution in [1.82, 2.24) is 0 Å². The van der Waals surface area contributed by atoms with Gasteiger partial charge in [-0.25, -0.2) is 0 Å². The van der Waals surface area contributed by atoms with E-state index in [1.165, 1.54) is 113 Å². The maximum atomic E-state index is 10.9. The van der Waals surface area contributed by atoms with E-state index < -0.39 is 0 Å². The highest BCUT2D eigenvalue weighted by atomic mass is 16.5. The molecule has 528 valence electrons. The summed E-state index contributed by atoms with van der Waals surface area (Å²) in [7, 11) is 7.15. The van der Waals surface area contributed by atoms with Gasteiger partial charge in [-0.05, 0) is 265 Å². The molecule has 0 saturated heterocycles. The fourth-order valence-corrected chi connectivity index (χ4v) is 11.4. The van der Waals surface area contributed by atoms with Crippen LogP contribution in [0.2, 0.25) is 0 Å². The van der Waals surface area contributed by atoms with Crippen LogP contribution < -0.4 is 0 Å². The van der Waals surface area contributed by atoms with E-state index in [1.54, 1.807) is 19.9 Å². The molecular weight excluding hydrogens is 1160 g/mol. The largest absolute Gasteiger partial charge is 0.469 e. The fraction of sp³-hybridized carbons (Fsp3) is 0.744. The molecule has 14 nitrogen and oxygen atoms in total. The molecule has 5 rings (SSSR count). The summed E-state index contributed by atoms with van der Waals surface area (Å²) in [6.45, 7) is 10.3. The van der Waals surface area contributed by atoms with Gasteiger partial charge in [0.1, 0.15) is 0 Å². The minimum Gasteiger partial charge on any atom is -0.469 e. The lowest BCUT2D eigenvalue weighted by Gasteiger charge is -1.97. The SMILES string of the molecule is CC.CC[C@H]1C[C@@H]1CC/C=C\CCCC(=O)OC.COC(=O)CCC/C=C\CC[C@H]1C[C@@H]1C/C=C/C(C)=O.COC(=O)CCC/C=C\CC[C@H]1C[C@@H]1C/C=C/C(C)O.COC(=O)CCC/C=C\CC[C@H]1C[C@@H]1CCO.COC(=O)CCC/C=C\CC[C@H]1C[C@@H]1CCO. The van der Waals surface area contributed by atoms with Gasteiger partial charge in [-0.2, -0.15) is 0 Å². The van der Waals surface area contributed by atoms with Gasteiger partial charge >= 0.3 is 29.8 Å². The standard InChI is InChI=1S/C17H28O3.C17H26O3.2C14H24O3.C14H24O2.C2H6/c2*1-14(18)9-8-11-16-13-15(16)10-6-4-3-5-7-12-17(19)20-2;2*1-17-14(16)8-6-4-2-3-5-7-12-11-13(12)9-10-15;1-3-12-11-13(12)9-7-5-4-6-8-10-14(15)16-2;1-2/h3-4,8-9,14-16,18H,5-7,10-13H2,1-2H3;3-4,8-9,15-16H,5-7,10-13H2,1-2H3;2*2-3,12-13,15H,4-11H2,1H3;4-5,12-13H,3,6-11H2,1-2H3;1-2H3/b2*4-3-,9-8+;2*3-2-;5-4-;/t14?,15-,16-;15-,16-;3*12-,13-;/m00000./s1. The molecule has 0 aromatic heterocycles. The van der Waals surface area contributed by atoms with Crippen LogP contribution in [0.15, 0.2) is 85.1 Å². The molecule has 0 bridgehead atoms. The molecule has 5 saturated carbocycles. The number of hydrogen-bond donors (Lipinski definition) is 3. The predicted molar refractivity (Wildman–Crippen MR) is 374 cm³/mol. The van der Waals surface area contributed by atoms with Crippen molar-refractivity contribution in [2.45, 2.75) is 265 Å². The number of allylic oxidation sites excluding steroid dienone is 13. The molecule has 5 aliphatic carbocycles. The highest BCUT2D eigenvalue weighted by Gasteiger charge is 2.37. The van der Waals surface area contributed by atoms with Crippen LogP contribution in [-0.4, -0.2) is 106 Å². The van der Waals surface area contributed by atoms with E-state index in [4.69, 9.17) is 15.3 Å². The molecule has 0 heterocycles. The van der Waals surface area contributed by atoms with Crippen LogP contribution in [0.25, 0.3) is 0 Å². The van der Waals surface area contributed by atoms with Crippen LogP contribution in [0.1, 0.15) is 259 Å². The normalized spacial score (nSPS) is 22.4. The van der Waals surface area contributed by atoms with Crippen molar-refractivity contribution in [3.8, 4) is 0 Å². The van der Waals surface area contributed by atoms with E-state index in [2.05, 4.69) is 97.4 Å². The molecule has 0 aliphatic heterocycles. The van der Waals surface area contributed by atoms with E-state index in [0.29, 0.717) is 45.3 Å². The quantitative estimate of drug-likeness (QED) is 0.0170. The Bertz CT molecular complexity index is 2050. The minimum atomic E-state index is -0.319. The Morgan fingerprint density at radius 1 is 0.370 bits per heavy atom. The first-order chi connectivity index (χ1) is 44.6. The van der Waals surface area contributed by atoms with Crippen molar-refractivity contribution in [2.24, 2.45) is 59.2 Å². The Morgan fingerprint density at radius 3 is 0.859 bits per heavy atom. The van der Waals surface area contributed by atoms with E-state index >= 15 is 0 Å². The van der Waals surface area contributed by atoms with Gasteiger partial charge in [0, 0.05) is 45.3 Å². The third kappa shape index (κ3) is 54.5. The molecule has 3 N–H and O–H groups in total. The first kappa shape index (κ1) is 87.1. The molecule has 11 atom stereocenters. The lowest BCUT2D eigenvalue weighted by atomic mass is 10.1. The van der Waals surface area contributed by atoms with Gasteiger partial charge in [0.2, 0.25) is 0 Å².